The number of benzene rings is 1. The summed E-state index contributed by atoms with van der Waals surface area (Å²) in [6.45, 7) is 11.2. The third-order valence-electron chi connectivity index (χ3n) is 4.71. The normalized spacial score (nSPS) is 15.2. The number of carbonyl (C=O) groups is 2. The summed E-state index contributed by atoms with van der Waals surface area (Å²) >= 11 is 0. The van der Waals surface area contributed by atoms with Crippen molar-refractivity contribution in [2.75, 3.05) is 5.32 Å². The van der Waals surface area contributed by atoms with Crippen LogP contribution in [0.2, 0.25) is 0 Å². The van der Waals surface area contributed by atoms with Crippen molar-refractivity contribution in [3.8, 4) is 17.4 Å². The molecule has 1 aliphatic heterocycles. The highest BCUT2D eigenvalue weighted by molar-refractivity contribution is 5.96. The van der Waals surface area contributed by atoms with E-state index in [4.69, 9.17) is 14.2 Å². The van der Waals surface area contributed by atoms with Crippen LogP contribution in [0.3, 0.4) is 0 Å². The fourth-order valence-electron chi connectivity index (χ4n) is 3.33. The highest BCUT2D eigenvalue weighted by Gasteiger charge is 2.32. The molecule has 0 bridgehead atoms. The molecule has 2 amide bonds. The van der Waals surface area contributed by atoms with Gasteiger partial charge < -0.3 is 24.8 Å². The minimum Gasteiger partial charge on any atom is -0.487 e. The monoisotopic (exact) mass is 441 g/mol. The van der Waals surface area contributed by atoms with Crippen molar-refractivity contribution in [3.05, 3.63) is 42.1 Å². The molecule has 2 N–H and O–H groups in total. The molecule has 8 heteroatoms. The molecule has 8 nitrogen and oxygen atoms in total. The molecule has 1 unspecified atom stereocenters. The molecule has 0 radical (unpaired) electrons. The van der Waals surface area contributed by atoms with E-state index in [9.17, 15) is 9.59 Å². The lowest BCUT2D eigenvalue weighted by molar-refractivity contribution is -0.118. The van der Waals surface area contributed by atoms with E-state index in [1.165, 1.54) is 6.20 Å². The first-order valence-corrected chi connectivity index (χ1v) is 10.7. The number of aromatic nitrogens is 1. The molecule has 0 saturated carbocycles. The number of alkyl carbamates (subject to hydrolysis) is 1. The van der Waals surface area contributed by atoms with Crippen molar-refractivity contribution >= 4 is 17.7 Å². The number of fused-ring (bicyclic) bond motifs is 1. The standard InChI is InChI=1S/C24H31N3O5/c1-7-17(27-22(29)32-23(2,3)4)21(28)26-15-11-12-20(25-14-15)30-18-9-8-10-19-16(18)13-24(5,6)31-19/h8-12,14,17H,7,13H2,1-6H3,(H,26,28)(H,27,29). The first-order chi connectivity index (χ1) is 15.0. The van der Waals surface area contributed by atoms with E-state index in [0.29, 0.717) is 23.7 Å². The maximum Gasteiger partial charge on any atom is 0.408 e. The van der Waals surface area contributed by atoms with Gasteiger partial charge in [0.1, 0.15) is 28.7 Å². The van der Waals surface area contributed by atoms with Gasteiger partial charge in [-0.05, 0) is 59.2 Å². The van der Waals surface area contributed by atoms with Crippen LogP contribution in [0.25, 0.3) is 0 Å². The number of hydrogen-bond acceptors (Lipinski definition) is 6. The summed E-state index contributed by atoms with van der Waals surface area (Å²) in [4.78, 5) is 28.8. The van der Waals surface area contributed by atoms with Gasteiger partial charge in [0.2, 0.25) is 11.8 Å². The third-order valence-corrected chi connectivity index (χ3v) is 4.71. The SMILES string of the molecule is CCC(NC(=O)OC(C)(C)C)C(=O)Nc1ccc(Oc2cccc3c2CC(C)(C)O3)nc1. The molecule has 0 fully saturated rings. The lowest BCUT2D eigenvalue weighted by Gasteiger charge is -2.22. The Morgan fingerprint density at radius 3 is 2.59 bits per heavy atom. The molecule has 2 aromatic rings. The fraction of sp³-hybridized carbons (Fsp3) is 0.458. The van der Waals surface area contributed by atoms with E-state index < -0.39 is 17.7 Å². The first-order valence-electron chi connectivity index (χ1n) is 10.7. The van der Waals surface area contributed by atoms with Crippen molar-refractivity contribution in [1.82, 2.24) is 10.3 Å². The number of hydrogen-bond donors (Lipinski definition) is 2. The minimum absolute atomic E-state index is 0.271. The van der Waals surface area contributed by atoms with Crippen LogP contribution in [0.5, 0.6) is 17.4 Å². The number of nitrogens with one attached hydrogen (secondary N) is 2. The van der Waals surface area contributed by atoms with Crippen molar-refractivity contribution in [2.24, 2.45) is 0 Å². The van der Waals surface area contributed by atoms with Crippen molar-refractivity contribution in [3.63, 3.8) is 0 Å². The largest absolute Gasteiger partial charge is 0.487 e. The second-order valence-corrected chi connectivity index (χ2v) is 9.35. The molecule has 1 aliphatic rings. The second kappa shape index (κ2) is 9.06. The Kier molecular flexibility index (Phi) is 6.62. The van der Waals surface area contributed by atoms with Crippen molar-refractivity contribution in [2.45, 2.75) is 71.6 Å². The van der Waals surface area contributed by atoms with Gasteiger partial charge in [-0.25, -0.2) is 9.78 Å². The highest BCUT2D eigenvalue weighted by atomic mass is 16.6. The average Bonchev–Trinajstić information content (AvgIpc) is 3.01. The number of ether oxygens (including phenoxy) is 3. The van der Waals surface area contributed by atoms with Crippen LogP contribution in [-0.2, 0) is 16.0 Å². The number of rotatable bonds is 6. The molecule has 0 aliphatic carbocycles. The third kappa shape index (κ3) is 6.12. The molecule has 0 saturated heterocycles. The van der Waals surface area contributed by atoms with E-state index in [2.05, 4.69) is 15.6 Å². The first kappa shape index (κ1) is 23.4. The zero-order valence-corrected chi connectivity index (χ0v) is 19.4. The number of nitrogens with zero attached hydrogens (tertiary/aromatic N) is 1. The van der Waals surface area contributed by atoms with Gasteiger partial charge in [0.05, 0.1) is 11.9 Å². The van der Waals surface area contributed by atoms with Gasteiger partial charge in [0.25, 0.3) is 0 Å². The van der Waals surface area contributed by atoms with Crippen LogP contribution in [0.1, 0.15) is 53.5 Å². The van der Waals surface area contributed by atoms with Crippen LogP contribution in [-0.4, -0.2) is 34.2 Å². The summed E-state index contributed by atoms with van der Waals surface area (Å²) in [5.41, 5.74) is 0.594. The number of pyridine rings is 1. The van der Waals surface area contributed by atoms with Gasteiger partial charge >= 0.3 is 6.09 Å². The molecule has 32 heavy (non-hydrogen) atoms. The maximum atomic E-state index is 12.6. The summed E-state index contributed by atoms with van der Waals surface area (Å²) < 4.78 is 17.1. The van der Waals surface area contributed by atoms with Crippen molar-refractivity contribution in [1.29, 1.82) is 0 Å². The van der Waals surface area contributed by atoms with E-state index in [1.54, 1.807) is 39.8 Å². The topological polar surface area (TPSA) is 98.8 Å². The van der Waals surface area contributed by atoms with Gasteiger partial charge in [-0.15, -0.1) is 0 Å². The molecule has 1 aromatic heterocycles. The summed E-state index contributed by atoms with van der Waals surface area (Å²) in [5.74, 6) is 1.57. The smallest absolute Gasteiger partial charge is 0.408 e. The van der Waals surface area contributed by atoms with E-state index in [0.717, 1.165) is 17.7 Å². The zero-order chi connectivity index (χ0) is 23.5. The fourth-order valence-corrected chi connectivity index (χ4v) is 3.33. The summed E-state index contributed by atoms with van der Waals surface area (Å²) in [7, 11) is 0. The Morgan fingerprint density at radius 2 is 1.97 bits per heavy atom. The van der Waals surface area contributed by atoms with Gasteiger partial charge in [-0.1, -0.05) is 13.0 Å². The maximum absolute atomic E-state index is 12.6. The van der Waals surface area contributed by atoms with Crippen molar-refractivity contribution < 1.29 is 23.8 Å². The molecule has 2 heterocycles. The predicted octanol–water partition coefficient (Wildman–Crippen LogP) is 4.83. The van der Waals surface area contributed by atoms with Gasteiger partial charge in [0, 0.05) is 18.1 Å². The molecule has 1 aromatic carbocycles. The second-order valence-electron chi connectivity index (χ2n) is 9.35. The Balaban J connectivity index is 1.61. The van der Waals surface area contributed by atoms with Crippen LogP contribution in [0.4, 0.5) is 10.5 Å². The van der Waals surface area contributed by atoms with Gasteiger partial charge in [0.15, 0.2) is 0 Å². The van der Waals surface area contributed by atoms with E-state index >= 15 is 0 Å². The van der Waals surface area contributed by atoms with Crippen LogP contribution in [0.15, 0.2) is 36.5 Å². The van der Waals surface area contributed by atoms with Gasteiger partial charge in [-0.2, -0.15) is 0 Å². The predicted molar refractivity (Wildman–Crippen MR) is 121 cm³/mol. The van der Waals surface area contributed by atoms with E-state index in [-0.39, 0.29) is 11.5 Å². The molecule has 3 rings (SSSR count). The number of carbonyl (C=O) groups excluding carboxylic acids is 2. The minimum atomic E-state index is -0.726. The van der Waals surface area contributed by atoms with Crippen LogP contribution < -0.4 is 20.1 Å². The van der Waals surface area contributed by atoms with Gasteiger partial charge in [-0.3, -0.25) is 4.79 Å². The lowest BCUT2D eigenvalue weighted by atomic mass is 10.0. The average molecular weight is 442 g/mol. The summed E-state index contributed by atoms with van der Waals surface area (Å²) in [6.07, 6.45) is 2.04. The lowest BCUT2D eigenvalue weighted by Crippen LogP contribution is -2.45. The molecule has 0 spiro atoms. The Morgan fingerprint density at radius 1 is 1.22 bits per heavy atom. The molecular weight excluding hydrogens is 410 g/mol. The Labute approximate surface area is 188 Å². The van der Waals surface area contributed by atoms with E-state index in [1.807, 2.05) is 32.0 Å². The summed E-state index contributed by atoms with van der Waals surface area (Å²) in [6, 6.07) is 8.35. The Bertz CT molecular complexity index is 980. The summed E-state index contributed by atoms with van der Waals surface area (Å²) in [5, 5.41) is 5.34. The van der Waals surface area contributed by atoms with Crippen LogP contribution >= 0.6 is 0 Å². The molecular formula is C24H31N3O5. The number of amides is 2. The molecule has 1 atom stereocenters. The quantitative estimate of drug-likeness (QED) is 0.666. The van der Waals surface area contributed by atoms with Crippen LogP contribution in [0, 0.1) is 0 Å². The Hall–Kier alpha value is -3.29. The molecule has 172 valence electrons. The zero-order valence-electron chi connectivity index (χ0n) is 19.4. The number of anilines is 1. The highest BCUT2D eigenvalue weighted by Crippen LogP contribution is 2.41.